The average Bonchev–Trinajstić information content (AvgIpc) is 2.21. The second-order valence-corrected chi connectivity index (χ2v) is 5.04. The van der Waals surface area contributed by atoms with Crippen molar-refractivity contribution >= 4 is 21.6 Å². The molecule has 0 saturated heterocycles. The Balaban J connectivity index is 2.40. The van der Waals surface area contributed by atoms with Crippen LogP contribution in [0, 0.1) is 5.82 Å². The van der Waals surface area contributed by atoms with E-state index in [0.717, 1.165) is 0 Å². The molecule has 0 fully saturated rings. The van der Waals surface area contributed by atoms with Crippen LogP contribution in [0.5, 0.6) is 0 Å². The third-order valence-electron chi connectivity index (χ3n) is 2.43. The fraction of sp³-hybridized carbons (Fsp3) is 0.500. The van der Waals surface area contributed by atoms with Gasteiger partial charge in [-0.3, -0.25) is 0 Å². The van der Waals surface area contributed by atoms with E-state index in [9.17, 15) is 17.6 Å². The molecule has 1 aromatic carbocycles. The average molecular weight is 328 g/mol. The predicted molar refractivity (Wildman–Crippen MR) is 67.1 cm³/mol. The molecule has 0 aliphatic heterocycles. The second-order valence-electron chi connectivity index (χ2n) is 4.18. The first-order valence-corrected chi connectivity index (χ1v) is 6.35. The van der Waals surface area contributed by atoms with E-state index in [2.05, 4.69) is 21.2 Å². The molecule has 0 radical (unpaired) electrons. The molecule has 0 heterocycles. The summed E-state index contributed by atoms with van der Waals surface area (Å²) in [5.41, 5.74) is 0.683. The number of hydrogen-bond acceptors (Lipinski definition) is 1. The Morgan fingerprint density at radius 1 is 1.33 bits per heavy atom. The van der Waals surface area contributed by atoms with Crippen LogP contribution in [0.1, 0.15) is 26.2 Å². The molecule has 1 rings (SSSR count). The van der Waals surface area contributed by atoms with Crippen molar-refractivity contribution in [2.75, 3.05) is 5.32 Å². The number of alkyl halides is 3. The Morgan fingerprint density at radius 2 is 2.00 bits per heavy atom. The van der Waals surface area contributed by atoms with Gasteiger partial charge >= 0.3 is 6.18 Å². The Morgan fingerprint density at radius 3 is 2.56 bits per heavy atom. The molecule has 1 atom stereocenters. The molecule has 1 unspecified atom stereocenters. The van der Waals surface area contributed by atoms with Crippen LogP contribution in [0.3, 0.4) is 0 Å². The molecule has 0 aliphatic carbocycles. The lowest BCUT2D eigenvalue weighted by molar-refractivity contribution is -0.135. The second kappa shape index (κ2) is 6.41. The summed E-state index contributed by atoms with van der Waals surface area (Å²) in [6.07, 6.45) is -4.38. The summed E-state index contributed by atoms with van der Waals surface area (Å²) in [6, 6.07) is 4.33. The summed E-state index contributed by atoms with van der Waals surface area (Å²) in [6.45, 7) is 1.80. The topological polar surface area (TPSA) is 12.0 Å². The molecule has 1 N–H and O–H groups in total. The SMILES string of the molecule is CC(CCCC(F)(F)F)Nc1ccc(F)c(Br)c1. The highest BCUT2D eigenvalue weighted by Crippen LogP contribution is 2.24. The fourth-order valence-corrected chi connectivity index (χ4v) is 1.93. The van der Waals surface area contributed by atoms with Crippen molar-refractivity contribution in [3.05, 3.63) is 28.5 Å². The first-order chi connectivity index (χ1) is 8.28. The Kier molecular flexibility index (Phi) is 5.44. The first-order valence-electron chi connectivity index (χ1n) is 5.56. The van der Waals surface area contributed by atoms with Crippen molar-refractivity contribution in [2.24, 2.45) is 0 Å². The number of benzene rings is 1. The molecule has 6 heteroatoms. The smallest absolute Gasteiger partial charge is 0.383 e. The van der Waals surface area contributed by atoms with Crippen LogP contribution in [-0.4, -0.2) is 12.2 Å². The quantitative estimate of drug-likeness (QED) is 0.740. The van der Waals surface area contributed by atoms with E-state index in [1.807, 2.05) is 0 Å². The van der Waals surface area contributed by atoms with Gasteiger partial charge in [0.1, 0.15) is 5.82 Å². The lowest BCUT2D eigenvalue weighted by Gasteiger charge is -2.16. The highest BCUT2D eigenvalue weighted by atomic mass is 79.9. The van der Waals surface area contributed by atoms with Gasteiger partial charge in [-0.05, 0) is 53.9 Å². The van der Waals surface area contributed by atoms with Gasteiger partial charge in [0.15, 0.2) is 0 Å². The molecular weight excluding hydrogens is 314 g/mol. The van der Waals surface area contributed by atoms with Crippen LogP contribution in [0.15, 0.2) is 22.7 Å². The fourth-order valence-electron chi connectivity index (χ4n) is 1.55. The normalized spacial score (nSPS) is 13.4. The zero-order valence-electron chi connectivity index (χ0n) is 9.82. The van der Waals surface area contributed by atoms with Crippen LogP contribution in [-0.2, 0) is 0 Å². The van der Waals surface area contributed by atoms with Crippen molar-refractivity contribution in [1.82, 2.24) is 0 Å². The maximum Gasteiger partial charge on any atom is 0.389 e. The van der Waals surface area contributed by atoms with Gasteiger partial charge in [-0.25, -0.2) is 4.39 Å². The molecule has 102 valence electrons. The van der Waals surface area contributed by atoms with Gasteiger partial charge in [0.2, 0.25) is 0 Å². The van der Waals surface area contributed by atoms with Gasteiger partial charge in [0.25, 0.3) is 0 Å². The van der Waals surface area contributed by atoms with Gasteiger partial charge in [0.05, 0.1) is 4.47 Å². The first kappa shape index (κ1) is 15.3. The molecule has 0 amide bonds. The van der Waals surface area contributed by atoms with Gasteiger partial charge in [-0.15, -0.1) is 0 Å². The van der Waals surface area contributed by atoms with Crippen LogP contribution >= 0.6 is 15.9 Å². The number of rotatable bonds is 5. The lowest BCUT2D eigenvalue weighted by atomic mass is 10.1. The standard InChI is InChI=1S/C12H14BrF4N/c1-8(3-2-6-12(15,16)17)18-9-4-5-11(14)10(13)7-9/h4-5,7-8,18H,2-3,6H2,1H3. The Labute approximate surface area is 112 Å². The van der Waals surface area contributed by atoms with Crippen molar-refractivity contribution in [3.8, 4) is 0 Å². The molecule has 18 heavy (non-hydrogen) atoms. The lowest BCUT2D eigenvalue weighted by Crippen LogP contribution is -2.16. The van der Waals surface area contributed by atoms with E-state index in [-0.39, 0.29) is 18.3 Å². The number of halogens is 5. The van der Waals surface area contributed by atoms with Crippen LogP contribution < -0.4 is 5.32 Å². The molecular formula is C12H14BrF4N. The molecule has 0 spiro atoms. The van der Waals surface area contributed by atoms with E-state index in [1.165, 1.54) is 6.07 Å². The Bertz CT molecular complexity index is 392. The van der Waals surface area contributed by atoms with E-state index >= 15 is 0 Å². The van der Waals surface area contributed by atoms with Crippen molar-refractivity contribution in [2.45, 2.75) is 38.4 Å². The van der Waals surface area contributed by atoms with E-state index in [4.69, 9.17) is 0 Å². The molecule has 0 aromatic heterocycles. The summed E-state index contributed by atoms with van der Waals surface area (Å²) in [7, 11) is 0. The van der Waals surface area contributed by atoms with Crippen molar-refractivity contribution in [1.29, 1.82) is 0 Å². The maximum atomic E-state index is 13.0. The van der Waals surface area contributed by atoms with Crippen molar-refractivity contribution in [3.63, 3.8) is 0 Å². The molecule has 0 bridgehead atoms. The van der Waals surface area contributed by atoms with Crippen LogP contribution in [0.4, 0.5) is 23.2 Å². The van der Waals surface area contributed by atoms with E-state index < -0.39 is 12.6 Å². The summed E-state index contributed by atoms with van der Waals surface area (Å²) < 4.78 is 49.2. The summed E-state index contributed by atoms with van der Waals surface area (Å²) in [4.78, 5) is 0. The summed E-state index contributed by atoms with van der Waals surface area (Å²) in [5, 5.41) is 3.03. The summed E-state index contributed by atoms with van der Waals surface area (Å²) >= 11 is 3.05. The minimum atomic E-state index is -4.10. The minimum Gasteiger partial charge on any atom is -0.383 e. The zero-order valence-corrected chi connectivity index (χ0v) is 11.4. The summed E-state index contributed by atoms with van der Waals surface area (Å²) in [5.74, 6) is -0.370. The van der Waals surface area contributed by atoms with Crippen molar-refractivity contribution < 1.29 is 17.6 Å². The number of nitrogens with one attached hydrogen (secondary N) is 1. The molecule has 0 saturated carbocycles. The van der Waals surface area contributed by atoms with Gasteiger partial charge in [-0.2, -0.15) is 13.2 Å². The third kappa shape index (κ3) is 5.71. The van der Waals surface area contributed by atoms with Gasteiger partial charge in [-0.1, -0.05) is 0 Å². The third-order valence-corrected chi connectivity index (χ3v) is 3.04. The van der Waals surface area contributed by atoms with Crippen LogP contribution in [0.25, 0.3) is 0 Å². The highest BCUT2D eigenvalue weighted by molar-refractivity contribution is 9.10. The molecule has 1 aromatic rings. The zero-order chi connectivity index (χ0) is 13.8. The maximum absolute atomic E-state index is 13.0. The van der Waals surface area contributed by atoms with Gasteiger partial charge in [0, 0.05) is 18.2 Å². The number of anilines is 1. The van der Waals surface area contributed by atoms with Gasteiger partial charge < -0.3 is 5.32 Å². The minimum absolute atomic E-state index is 0.0834. The largest absolute Gasteiger partial charge is 0.389 e. The Hall–Kier alpha value is -0.780. The molecule has 1 nitrogen and oxygen atoms in total. The van der Waals surface area contributed by atoms with E-state index in [1.54, 1.807) is 19.1 Å². The monoisotopic (exact) mass is 327 g/mol. The molecule has 0 aliphatic rings. The highest BCUT2D eigenvalue weighted by Gasteiger charge is 2.26. The van der Waals surface area contributed by atoms with Crippen LogP contribution in [0.2, 0.25) is 0 Å². The van der Waals surface area contributed by atoms with E-state index in [0.29, 0.717) is 16.6 Å². The predicted octanol–water partition coefficient (Wildman–Crippen LogP) is 5.12. The number of hydrogen-bond donors (Lipinski definition) is 1.